The van der Waals surface area contributed by atoms with Gasteiger partial charge in [-0.1, -0.05) is 36.8 Å². The monoisotopic (exact) mass is 345 g/mol. The van der Waals surface area contributed by atoms with E-state index in [0.29, 0.717) is 5.92 Å². The van der Waals surface area contributed by atoms with E-state index in [0.717, 1.165) is 45.3 Å². The number of nitrogens with one attached hydrogen (secondary N) is 2. The minimum Gasteiger partial charge on any atom is -0.380 e. The van der Waals surface area contributed by atoms with Crippen molar-refractivity contribution in [3.63, 3.8) is 0 Å². The minimum absolute atomic E-state index is 0.164. The number of aliphatic imine (C=N–C) groups is 1. The molecule has 2 aliphatic heterocycles. The summed E-state index contributed by atoms with van der Waals surface area (Å²) in [5.74, 6) is 1.32. The molecular weight excluding hydrogens is 314 g/mol. The van der Waals surface area contributed by atoms with Crippen molar-refractivity contribution in [1.29, 1.82) is 0 Å². The third-order valence-corrected chi connectivity index (χ3v) is 5.19. The van der Waals surface area contributed by atoms with E-state index < -0.39 is 0 Å². The molecule has 2 saturated heterocycles. The number of aryl methyl sites for hydroxylation is 1. The zero-order chi connectivity index (χ0) is 17.7. The zero-order valence-corrected chi connectivity index (χ0v) is 15.7. The summed E-state index contributed by atoms with van der Waals surface area (Å²) in [4.78, 5) is 4.36. The molecule has 0 spiro atoms. The summed E-state index contributed by atoms with van der Waals surface area (Å²) in [6.07, 6.45) is 2.46. The summed E-state index contributed by atoms with van der Waals surface area (Å²) in [6.45, 7) is 8.60. The van der Waals surface area contributed by atoms with Gasteiger partial charge < -0.3 is 20.1 Å². The van der Waals surface area contributed by atoms with Gasteiger partial charge in [-0.05, 0) is 25.3 Å². The van der Waals surface area contributed by atoms with Crippen LogP contribution in [0, 0.1) is 18.3 Å². The smallest absolute Gasteiger partial charge is 0.191 e. The highest BCUT2D eigenvalue weighted by Crippen LogP contribution is 2.33. The van der Waals surface area contributed by atoms with Crippen LogP contribution in [0.1, 0.15) is 37.0 Å². The molecule has 5 heteroatoms. The Morgan fingerprint density at radius 2 is 2.00 bits per heavy atom. The van der Waals surface area contributed by atoms with E-state index in [-0.39, 0.29) is 11.5 Å². The summed E-state index contributed by atoms with van der Waals surface area (Å²) in [6, 6.07) is 8.73. The van der Waals surface area contributed by atoms with Crippen LogP contribution in [0.3, 0.4) is 0 Å². The van der Waals surface area contributed by atoms with Gasteiger partial charge in [0, 0.05) is 38.1 Å². The van der Waals surface area contributed by atoms with E-state index in [9.17, 15) is 0 Å². The maximum absolute atomic E-state index is 6.11. The highest BCUT2D eigenvalue weighted by molar-refractivity contribution is 5.79. The van der Waals surface area contributed by atoms with Crippen LogP contribution in [-0.4, -0.2) is 45.9 Å². The van der Waals surface area contributed by atoms with Gasteiger partial charge in [0.05, 0.1) is 19.3 Å². The van der Waals surface area contributed by atoms with Crippen LogP contribution in [0.5, 0.6) is 0 Å². The second-order valence-corrected chi connectivity index (χ2v) is 7.71. The molecule has 2 aliphatic rings. The van der Waals surface area contributed by atoms with Gasteiger partial charge in [-0.3, -0.25) is 4.99 Å². The molecular formula is C20H31N3O2. The van der Waals surface area contributed by atoms with Crippen LogP contribution in [0.15, 0.2) is 29.3 Å². The molecule has 2 atom stereocenters. The molecule has 0 amide bonds. The van der Waals surface area contributed by atoms with E-state index in [1.54, 1.807) is 0 Å². The molecule has 0 saturated carbocycles. The Bertz CT molecular complexity index is 581. The number of ether oxygens (including phenoxy) is 2. The van der Waals surface area contributed by atoms with Gasteiger partial charge in [-0.2, -0.15) is 0 Å². The number of hydrogen-bond acceptors (Lipinski definition) is 3. The SMILES string of the molecule is CN=C(NCC1CCCOC1c1ccc(C)cc1)NCC1(C)COC1. The molecule has 3 rings (SSSR count). The van der Waals surface area contributed by atoms with Gasteiger partial charge >= 0.3 is 0 Å². The molecule has 1 aromatic rings. The lowest BCUT2D eigenvalue weighted by molar-refractivity contribution is -0.0971. The second-order valence-electron chi connectivity index (χ2n) is 7.71. The zero-order valence-electron chi connectivity index (χ0n) is 15.7. The van der Waals surface area contributed by atoms with Crippen molar-refractivity contribution < 1.29 is 9.47 Å². The molecule has 0 bridgehead atoms. The molecule has 2 unspecified atom stereocenters. The molecule has 2 N–H and O–H groups in total. The van der Waals surface area contributed by atoms with E-state index in [4.69, 9.17) is 9.47 Å². The van der Waals surface area contributed by atoms with Crippen molar-refractivity contribution in [3.8, 4) is 0 Å². The third-order valence-electron chi connectivity index (χ3n) is 5.19. The topological polar surface area (TPSA) is 54.9 Å². The maximum Gasteiger partial charge on any atom is 0.191 e. The van der Waals surface area contributed by atoms with E-state index in [1.807, 2.05) is 7.05 Å². The first-order chi connectivity index (χ1) is 12.1. The lowest BCUT2D eigenvalue weighted by atomic mass is 9.88. The van der Waals surface area contributed by atoms with E-state index in [2.05, 4.69) is 53.7 Å². The molecule has 2 heterocycles. The summed E-state index contributed by atoms with van der Waals surface area (Å²) in [5.41, 5.74) is 2.79. The molecule has 25 heavy (non-hydrogen) atoms. The van der Waals surface area contributed by atoms with Crippen molar-refractivity contribution in [2.45, 2.75) is 32.8 Å². The number of guanidine groups is 1. The molecule has 0 aromatic heterocycles. The highest BCUT2D eigenvalue weighted by Gasteiger charge is 2.33. The molecule has 138 valence electrons. The van der Waals surface area contributed by atoms with Gasteiger partial charge in [0.2, 0.25) is 0 Å². The molecule has 2 fully saturated rings. The van der Waals surface area contributed by atoms with Crippen molar-refractivity contribution in [3.05, 3.63) is 35.4 Å². The molecule has 0 aliphatic carbocycles. The van der Waals surface area contributed by atoms with Crippen LogP contribution in [0.25, 0.3) is 0 Å². The molecule has 1 aromatic carbocycles. The fourth-order valence-electron chi connectivity index (χ4n) is 3.47. The summed E-state index contributed by atoms with van der Waals surface area (Å²) in [5, 5.41) is 6.92. The minimum atomic E-state index is 0.164. The van der Waals surface area contributed by atoms with Gasteiger partial charge in [0.1, 0.15) is 0 Å². The van der Waals surface area contributed by atoms with Gasteiger partial charge in [0.15, 0.2) is 5.96 Å². The average molecular weight is 345 g/mol. The number of rotatable bonds is 5. The highest BCUT2D eigenvalue weighted by atomic mass is 16.5. The van der Waals surface area contributed by atoms with Crippen molar-refractivity contribution in [2.75, 3.05) is 40.0 Å². The summed E-state index contributed by atoms with van der Waals surface area (Å²) >= 11 is 0. The quantitative estimate of drug-likeness (QED) is 0.636. The first-order valence-corrected chi connectivity index (χ1v) is 9.30. The predicted octanol–water partition coefficient (Wildman–Crippen LogP) is 2.66. The summed E-state index contributed by atoms with van der Waals surface area (Å²) in [7, 11) is 1.82. The van der Waals surface area contributed by atoms with Crippen LogP contribution in [0.4, 0.5) is 0 Å². The van der Waals surface area contributed by atoms with Crippen LogP contribution < -0.4 is 10.6 Å². The van der Waals surface area contributed by atoms with Crippen LogP contribution >= 0.6 is 0 Å². The summed E-state index contributed by atoms with van der Waals surface area (Å²) < 4.78 is 11.4. The van der Waals surface area contributed by atoms with Gasteiger partial charge in [-0.25, -0.2) is 0 Å². The third kappa shape index (κ3) is 4.73. The molecule has 5 nitrogen and oxygen atoms in total. The van der Waals surface area contributed by atoms with Crippen molar-refractivity contribution in [1.82, 2.24) is 10.6 Å². The van der Waals surface area contributed by atoms with E-state index >= 15 is 0 Å². The second kappa shape index (κ2) is 8.19. The lowest BCUT2D eigenvalue weighted by Gasteiger charge is -2.38. The lowest BCUT2D eigenvalue weighted by Crippen LogP contribution is -2.51. The fourth-order valence-corrected chi connectivity index (χ4v) is 3.47. The van der Waals surface area contributed by atoms with Crippen LogP contribution in [-0.2, 0) is 9.47 Å². The Morgan fingerprint density at radius 3 is 2.64 bits per heavy atom. The van der Waals surface area contributed by atoms with E-state index in [1.165, 1.54) is 17.5 Å². The Kier molecular flexibility index (Phi) is 5.97. The maximum atomic E-state index is 6.11. The van der Waals surface area contributed by atoms with Gasteiger partial charge in [0.25, 0.3) is 0 Å². The number of hydrogen-bond donors (Lipinski definition) is 2. The Labute approximate surface area is 151 Å². The fraction of sp³-hybridized carbons (Fsp3) is 0.650. The Hall–Kier alpha value is -1.59. The Balaban J connectivity index is 1.54. The first kappa shape index (κ1) is 18.2. The van der Waals surface area contributed by atoms with Crippen LogP contribution in [0.2, 0.25) is 0 Å². The predicted molar refractivity (Wildman–Crippen MR) is 101 cm³/mol. The molecule has 0 radical (unpaired) electrons. The average Bonchev–Trinajstić information content (AvgIpc) is 2.61. The number of nitrogens with zero attached hydrogens (tertiary/aromatic N) is 1. The largest absolute Gasteiger partial charge is 0.380 e. The Morgan fingerprint density at radius 1 is 1.24 bits per heavy atom. The standard InChI is InChI=1S/C20H31N3O2/c1-15-6-8-16(9-7-15)18-17(5-4-10-25-18)11-22-19(21-3)23-12-20(2)13-24-14-20/h6-9,17-18H,4-5,10-14H2,1-3H3,(H2,21,22,23). The van der Waals surface area contributed by atoms with Crippen molar-refractivity contribution in [2.24, 2.45) is 16.3 Å². The number of benzene rings is 1. The van der Waals surface area contributed by atoms with Crippen molar-refractivity contribution >= 4 is 5.96 Å². The normalized spacial score (nSPS) is 26.0. The van der Waals surface area contributed by atoms with Gasteiger partial charge in [-0.15, -0.1) is 0 Å². The first-order valence-electron chi connectivity index (χ1n) is 9.30.